The van der Waals surface area contributed by atoms with E-state index in [1.165, 1.54) is 0 Å². The fourth-order valence-corrected chi connectivity index (χ4v) is 2.29. The average Bonchev–Trinajstić information content (AvgIpc) is 2.15. The van der Waals surface area contributed by atoms with E-state index in [0.29, 0.717) is 5.69 Å². The van der Waals surface area contributed by atoms with E-state index in [1.54, 1.807) is 12.1 Å². The van der Waals surface area contributed by atoms with Gasteiger partial charge in [0, 0.05) is 21.8 Å². The summed E-state index contributed by atoms with van der Waals surface area (Å²) in [5.74, 6) is 0.206. The van der Waals surface area contributed by atoms with Gasteiger partial charge in [-0.1, -0.05) is 22.0 Å². The molecule has 0 aliphatic heterocycles. The number of phenolic OH excluding ortho intramolecular Hbond substituents is 1. The molecular formula is C13H12BrNO. The Labute approximate surface area is 103 Å². The van der Waals surface area contributed by atoms with Crippen LogP contribution in [0.3, 0.4) is 0 Å². The van der Waals surface area contributed by atoms with E-state index in [0.717, 1.165) is 21.2 Å². The quantitative estimate of drug-likeness (QED) is 0.781. The molecule has 0 fully saturated rings. The van der Waals surface area contributed by atoms with Gasteiger partial charge in [-0.2, -0.15) is 0 Å². The molecule has 2 rings (SSSR count). The lowest BCUT2D eigenvalue weighted by atomic mass is 10.0. The number of aryl methyl sites for hydroxylation is 1. The van der Waals surface area contributed by atoms with Crippen molar-refractivity contribution in [2.45, 2.75) is 6.92 Å². The molecule has 2 nitrogen and oxygen atoms in total. The second-order valence-corrected chi connectivity index (χ2v) is 4.71. The van der Waals surface area contributed by atoms with Gasteiger partial charge in [0.1, 0.15) is 5.75 Å². The van der Waals surface area contributed by atoms with E-state index in [2.05, 4.69) is 15.9 Å². The molecule has 16 heavy (non-hydrogen) atoms. The van der Waals surface area contributed by atoms with Crippen molar-refractivity contribution in [2.75, 3.05) is 5.73 Å². The summed E-state index contributed by atoms with van der Waals surface area (Å²) in [6.45, 7) is 2.02. The molecule has 82 valence electrons. The Morgan fingerprint density at radius 1 is 1.12 bits per heavy atom. The normalized spacial score (nSPS) is 10.4. The molecule has 0 aliphatic rings. The van der Waals surface area contributed by atoms with Gasteiger partial charge in [-0.3, -0.25) is 0 Å². The molecule has 0 spiro atoms. The molecule has 0 atom stereocenters. The number of benzene rings is 2. The van der Waals surface area contributed by atoms with Crippen molar-refractivity contribution >= 4 is 21.6 Å². The maximum atomic E-state index is 9.83. The molecule has 0 aromatic heterocycles. The summed E-state index contributed by atoms with van der Waals surface area (Å²) in [4.78, 5) is 0. The predicted octanol–water partition coefficient (Wildman–Crippen LogP) is 3.71. The smallest absolute Gasteiger partial charge is 0.125 e. The summed E-state index contributed by atoms with van der Waals surface area (Å²) in [5, 5.41) is 9.83. The van der Waals surface area contributed by atoms with Crippen molar-refractivity contribution in [3.63, 3.8) is 0 Å². The molecule has 0 unspecified atom stereocenters. The van der Waals surface area contributed by atoms with Crippen molar-refractivity contribution in [3.8, 4) is 16.9 Å². The van der Waals surface area contributed by atoms with Crippen LogP contribution >= 0.6 is 15.9 Å². The highest BCUT2D eigenvalue weighted by Gasteiger charge is 2.05. The largest absolute Gasteiger partial charge is 0.507 e. The average molecular weight is 278 g/mol. The van der Waals surface area contributed by atoms with Gasteiger partial charge in [0.15, 0.2) is 0 Å². The van der Waals surface area contributed by atoms with Crippen LogP contribution in [-0.4, -0.2) is 5.11 Å². The Morgan fingerprint density at radius 3 is 2.50 bits per heavy atom. The van der Waals surface area contributed by atoms with Gasteiger partial charge in [0.25, 0.3) is 0 Å². The summed E-state index contributed by atoms with van der Waals surface area (Å²) in [7, 11) is 0. The topological polar surface area (TPSA) is 46.2 Å². The van der Waals surface area contributed by atoms with Crippen LogP contribution in [-0.2, 0) is 0 Å². The SMILES string of the molecule is Cc1cc(Br)cc(-c2ccc(N)cc2O)c1. The molecule has 3 heteroatoms. The Balaban J connectivity index is 2.58. The fourth-order valence-electron chi connectivity index (χ4n) is 1.68. The van der Waals surface area contributed by atoms with E-state index in [1.807, 2.05) is 31.2 Å². The van der Waals surface area contributed by atoms with Gasteiger partial charge in [-0.05, 0) is 42.3 Å². The molecule has 0 radical (unpaired) electrons. The Morgan fingerprint density at radius 2 is 1.88 bits per heavy atom. The number of rotatable bonds is 1. The lowest BCUT2D eigenvalue weighted by Crippen LogP contribution is -1.86. The number of nitrogens with two attached hydrogens (primary N) is 1. The molecule has 0 saturated heterocycles. The summed E-state index contributed by atoms with van der Waals surface area (Å²) < 4.78 is 0.999. The number of hydrogen-bond acceptors (Lipinski definition) is 2. The zero-order valence-corrected chi connectivity index (χ0v) is 10.5. The van der Waals surface area contributed by atoms with Crippen molar-refractivity contribution in [3.05, 3.63) is 46.4 Å². The Bertz CT molecular complexity index is 517. The first-order valence-corrected chi connectivity index (χ1v) is 5.71. The van der Waals surface area contributed by atoms with E-state index in [9.17, 15) is 5.11 Å². The maximum absolute atomic E-state index is 9.83. The molecule has 3 N–H and O–H groups in total. The van der Waals surface area contributed by atoms with Gasteiger partial charge in [-0.15, -0.1) is 0 Å². The summed E-state index contributed by atoms with van der Waals surface area (Å²) in [5.41, 5.74) is 9.07. The highest BCUT2D eigenvalue weighted by atomic mass is 79.9. The van der Waals surface area contributed by atoms with Crippen LogP contribution in [0.5, 0.6) is 5.75 Å². The number of aromatic hydroxyl groups is 1. The van der Waals surface area contributed by atoms with Crippen LogP contribution in [0, 0.1) is 6.92 Å². The molecule has 0 saturated carbocycles. The minimum atomic E-state index is 0.206. The van der Waals surface area contributed by atoms with Crippen LogP contribution in [0.4, 0.5) is 5.69 Å². The molecule has 2 aromatic carbocycles. The maximum Gasteiger partial charge on any atom is 0.125 e. The fraction of sp³-hybridized carbons (Fsp3) is 0.0769. The van der Waals surface area contributed by atoms with E-state index in [-0.39, 0.29) is 5.75 Å². The van der Waals surface area contributed by atoms with E-state index >= 15 is 0 Å². The molecule has 0 aliphatic carbocycles. The predicted molar refractivity (Wildman–Crippen MR) is 70.4 cm³/mol. The van der Waals surface area contributed by atoms with Gasteiger partial charge < -0.3 is 10.8 Å². The van der Waals surface area contributed by atoms with Crippen LogP contribution < -0.4 is 5.73 Å². The first-order valence-electron chi connectivity index (χ1n) is 4.92. The molecular weight excluding hydrogens is 266 g/mol. The van der Waals surface area contributed by atoms with Gasteiger partial charge in [0.2, 0.25) is 0 Å². The van der Waals surface area contributed by atoms with Gasteiger partial charge in [-0.25, -0.2) is 0 Å². The minimum Gasteiger partial charge on any atom is -0.507 e. The Kier molecular flexibility index (Phi) is 2.88. The highest BCUT2D eigenvalue weighted by Crippen LogP contribution is 2.32. The lowest BCUT2D eigenvalue weighted by molar-refractivity contribution is 0.477. The minimum absolute atomic E-state index is 0.206. The number of nitrogen functional groups attached to an aromatic ring is 1. The third-order valence-electron chi connectivity index (χ3n) is 2.37. The van der Waals surface area contributed by atoms with Crippen LogP contribution in [0.25, 0.3) is 11.1 Å². The standard InChI is InChI=1S/C13H12BrNO/c1-8-4-9(6-10(14)5-8)12-3-2-11(15)7-13(12)16/h2-7,16H,15H2,1H3. The molecule has 2 aromatic rings. The number of halogens is 1. The zero-order chi connectivity index (χ0) is 11.7. The summed E-state index contributed by atoms with van der Waals surface area (Å²) in [6.07, 6.45) is 0. The van der Waals surface area contributed by atoms with Crippen molar-refractivity contribution < 1.29 is 5.11 Å². The number of anilines is 1. The van der Waals surface area contributed by atoms with Crippen molar-refractivity contribution in [2.24, 2.45) is 0 Å². The van der Waals surface area contributed by atoms with Crippen LogP contribution in [0.15, 0.2) is 40.9 Å². The third kappa shape index (κ3) is 2.19. The second kappa shape index (κ2) is 4.18. The van der Waals surface area contributed by atoms with Crippen LogP contribution in [0.1, 0.15) is 5.56 Å². The lowest BCUT2D eigenvalue weighted by Gasteiger charge is -2.07. The van der Waals surface area contributed by atoms with Gasteiger partial charge >= 0.3 is 0 Å². The van der Waals surface area contributed by atoms with Crippen molar-refractivity contribution in [1.29, 1.82) is 0 Å². The summed E-state index contributed by atoms with van der Waals surface area (Å²) in [6, 6.07) is 11.2. The zero-order valence-electron chi connectivity index (χ0n) is 8.87. The number of phenols is 1. The molecule has 0 amide bonds. The number of hydrogen-bond donors (Lipinski definition) is 2. The second-order valence-electron chi connectivity index (χ2n) is 3.79. The monoisotopic (exact) mass is 277 g/mol. The third-order valence-corrected chi connectivity index (χ3v) is 2.83. The first-order chi connectivity index (χ1) is 7.56. The first kappa shape index (κ1) is 11.0. The Hall–Kier alpha value is -1.48. The van der Waals surface area contributed by atoms with E-state index < -0.39 is 0 Å². The van der Waals surface area contributed by atoms with Crippen LogP contribution in [0.2, 0.25) is 0 Å². The highest BCUT2D eigenvalue weighted by molar-refractivity contribution is 9.10. The van der Waals surface area contributed by atoms with Crippen molar-refractivity contribution in [1.82, 2.24) is 0 Å². The van der Waals surface area contributed by atoms with E-state index in [4.69, 9.17) is 5.73 Å². The molecule has 0 heterocycles. The molecule has 0 bridgehead atoms. The van der Waals surface area contributed by atoms with Gasteiger partial charge in [0.05, 0.1) is 0 Å². The summed E-state index contributed by atoms with van der Waals surface area (Å²) >= 11 is 3.44.